The molecule has 0 aliphatic carbocycles. The Labute approximate surface area is 151 Å². The molecule has 3 N–H and O–H groups in total. The van der Waals surface area contributed by atoms with E-state index in [0.717, 1.165) is 0 Å². The maximum Gasteiger partial charge on any atom is 0.227 e. The highest BCUT2D eigenvalue weighted by Crippen LogP contribution is 2.35. The lowest BCUT2D eigenvalue weighted by Crippen LogP contribution is -2.38. The van der Waals surface area contributed by atoms with E-state index in [9.17, 15) is 14.7 Å². The summed E-state index contributed by atoms with van der Waals surface area (Å²) < 4.78 is 11.1. The fraction of sp³-hybridized carbons (Fsp3) is 0.556. The van der Waals surface area contributed by atoms with Gasteiger partial charge in [0.05, 0.1) is 12.0 Å². The topological polar surface area (TPSA) is 100 Å². The van der Waals surface area contributed by atoms with Crippen molar-refractivity contribution in [2.75, 3.05) is 44.3 Å². The third kappa shape index (κ3) is 3.34. The minimum absolute atomic E-state index is 0.0185. The van der Waals surface area contributed by atoms with Gasteiger partial charge in [0.15, 0.2) is 11.5 Å². The van der Waals surface area contributed by atoms with Crippen molar-refractivity contribution in [3.05, 3.63) is 18.2 Å². The lowest BCUT2D eigenvalue weighted by atomic mass is 10.0. The van der Waals surface area contributed by atoms with Gasteiger partial charge in [-0.15, -0.1) is 0 Å². The number of hydrogen-bond donors (Lipinski definition) is 3. The number of aliphatic hydroxyl groups excluding tert-OH is 1. The highest BCUT2D eigenvalue weighted by atomic mass is 16.6. The van der Waals surface area contributed by atoms with E-state index >= 15 is 0 Å². The zero-order valence-corrected chi connectivity index (χ0v) is 14.4. The lowest BCUT2D eigenvalue weighted by Gasteiger charge is -2.22. The first-order valence-electron chi connectivity index (χ1n) is 8.98. The van der Waals surface area contributed by atoms with Gasteiger partial charge in [-0.25, -0.2) is 0 Å². The average Bonchev–Trinajstić information content (AvgIpc) is 3.25. The summed E-state index contributed by atoms with van der Waals surface area (Å²) in [7, 11) is 0. The van der Waals surface area contributed by atoms with Crippen molar-refractivity contribution in [2.24, 2.45) is 11.8 Å². The zero-order chi connectivity index (χ0) is 18.1. The zero-order valence-electron chi connectivity index (χ0n) is 14.4. The van der Waals surface area contributed by atoms with E-state index in [-0.39, 0.29) is 30.1 Å². The number of hydrogen-bond acceptors (Lipinski definition) is 6. The second-order valence-corrected chi connectivity index (χ2v) is 6.96. The van der Waals surface area contributed by atoms with Gasteiger partial charge in [-0.2, -0.15) is 0 Å². The van der Waals surface area contributed by atoms with Gasteiger partial charge in [0.25, 0.3) is 0 Å². The number of anilines is 1. The molecule has 140 valence electrons. The van der Waals surface area contributed by atoms with Crippen LogP contribution in [0.3, 0.4) is 0 Å². The number of aliphatic hydroxyl groups is 1. The van der Waals surface area contributed by atoms with Crippen molar-refractivity contribution in [3.8, 4) is 11.5 Å². The van der Waals surface area contributed by atoms with Crippen molar-refractivity contribution in [1.82, 2.24) is 10.6 Å². The quantitative estimate of drug-likeness (QED) is 0.669. The molecule has 0 bridgehead atoms. The predicted molar refractivity (Wildman–Crippen MR) is 93.3 cm³/mol. The van der Waals surface area contributed by atoms with Gasteiger partial charge in [0.1, 0.15) is 13.2 Å². The van der Waals surface area contributed by atoms with Crippen molar-refractivity contribution in [3.63, 3.8) is 0 Å². The second kappa shape index (κ2) is 7.13. The van der Waals surface area contributed by atoms with Gasteiger partial charge in [-0.05, 0) is 12.1 Å². The number of ether oxygens (including phenoxy) is 2. The minimum Gasteiger partial charge on any atom is -0.486 e. The summed E-state index contributed by atoms with van der Waals surface area (Å²) in [6, 6.07) is 5.39. The van der Waals surface area contributed by atoms with Crippen LogP contribution in [0, 0.1) is 11.8 Å². The molecule has 2 fully saturated rings. The highest BCUT2D eigenvalue weighted by molar-refractivity contribution is 6.00. The predicted octanol–water partition coefficient (Wildman–Crippen LogP) is -0.493. The SMILES string of the molecule is O=C(NCC1CNCC1O)C1CC(=O)N(c2ccc3c(c2)OCCO3)C1. The van der Waals surface area contributed by atoms with Crippen LogP contribution in [0.4, 0.5) is 5.69 Å². The van der Waals surface area contributed by atoms with E-state index in [0.29, 0.717) is 56.6 Å². The molecule has 3 unspecified atom stereocenters. The number of nitrogens with one attached hydrogen (secondary N) is 2. The van der Waals surface area contributed by atoms with Crippen LogP contribution in [0.2, 0.25) is 0 Å². The van der Waals surface area contributed by atoms with Gasteiger partial charge in [0.2, 0.25) is 11.8 Å². The Morgan fingerprint density at radius 2 is 2.08 bits per heavy atom. The molecule has 3 heterocycles. The van der Waals surface area contributed by atoms with E-state index in [1.807, 2.05) is 6.07 Å². The number of β-amino-alcohol motifs (C(OH)–C–C–N with tert-alkyl or cyclic N) is 1. The number of amides is 2. The molecule has 2 amide bonds. The molecule has 1 aromatic rings. The van der Waals surface area contributed by atoms with Crippen LogP contribution in [0.15, 0.2) is 18.2 Å². The van der Waals surface area contributed by atoms with Crippen LogP contribution in [-0.4, -0.2) is 62.4 Å². The Morgan fingerprint density at radius 1 is 1.27 bits per heavy atom. The molecule has 8 heteroatoms. The normalized spacial score (nSPS) is 27.7. The van der Waals surface area contributed by atoms with Gasteiger partial charge in [-0.3, -0.25) is 9.59 Å². The molecule has 0 radical (unpaired) electrons. The molecule has 3 aliphatic heterocycles. The Kier molecular flexibility index (Phi) is 4.69. The summed E-state index contributed by atoms with van der Waals surface area (Å²) in [4.78, 5) is 26.4. The molecule has 2 saturated heterocycles. The molecular weight excluding hydrogens is 338 g/mol. The van der Waals surface area contributed by atoms with Crippen LogP contribution in [0.25, 0.3) is 0 Å². The summed E-state index contributed by atoms with van der Waals surface area (Å²) in [6.07, 6.45) is -0.249. The largest absolute Gasteiger partial charge is 0.486 e. The molecule has 0 aromatic heterocycles. The number of carbonyl (C=O) groups excluding carboxylic acids is 2. The van der Waals surface area contributed by atoms with Crippen molar-refractivity contribution >= 4 is 17.5 Å². The number of rotatable bonds is 4. The smallest absolute Gasteiger partial charge is 0.227 e. The maximum atomic E-state index is 12.4. The molecule has 0 spiro atoms. The molecule has 3 atom stereocenters. The van der Waals surface area contributed by atoms with Gasteiger partial charge < -0.3 is 30.1 Å². The van der Waals surface area contributed by atoms with Crippen molar-refractivity contribution < 1.29 is 24.2 Å². The fourth-order valence-corrected chi connectivity index (χ4v) is 3.64. The fourth-order valence-electron chi connectivity index (χ4n) is 3.64. The van der Waals surface area contributed by atoms with E-state index < -0.39 is 6.10 Å². The summed E-state index contributed by atoms with van der Waals surface area (Å²) in [5.74, 6) is 0.705. The summed E-state index contributed by atoms with van der Waals surface area (Å²) in [5.41, 5.74) is 0.713. The number of carbonyl (C=O) groups is 2. The molecular formula is C18H23N3O5. The number of fused-ring (bicyclic) bond motifs is 1. The van der Waals surface area contributed by atoms with Gasteiger partial charge in [-0.1, -0.05) is 0 Å². The first kappa shape index (κ1) is 17.1. The monoisotopic (exact) mass is 361 g/mol. The molecule has 4 rings (SSSR count). The molecule has 8 nitrogen and oxygen atoms in total. The summed E-state index contributed by atoms with van der Waals surface area (Å²) in [6.45, 7) is 3.01. The van der Waals surface area contributed by atoms with E-state index in [1.165, 1.54) is 0 Å². The second-order valence-electron chi connectivity index (χ2n) is 6.96. The van der Waals surface area contributed by atoms with E-state index in [2.05, 4.69) is 10.6 Å². The number of nitrogens with zero attached hydrogens (tertiary/aromatic N) is 1. The minimum atomic E-state index is -0.435. The Hall–Kier alpha value is -2.32. The highest BCUT2D eigenvalue weighted by Gasteiger charge is 2.36. The van der Waals surface area contributed by atoms with E-state index in [1.54, 1.807) is 17.0 Å². The Bertz CT molecular complexity index is 710. The number of benzene rings is 1. The first-order valence-corrected chi connectivity index (χ1v) is 8.98. The van der Waals surface area contributed by atoms with Gasteiger partial charge in [0, 0.05) is 50.3 Å². The molecule has 0 saturated carbocycles. The Morgan fingerprint density at radius 3 is 2.85 bits per heavy atom. The lowest BCUT2D eigenvalue weighted by molar-refractivity contribution is -0.126. The van der Waals surface area contributed by atoms with E-state index in [4.69, 9.17) is 9.47 Å². The molecule has 1 aromatic carbocycles. The van der Waals surface area contributed by atoms with Crippen LogP contribution < -0.4 is 25.0 Å². The third-order valence-electron chi connectivity index (χ3n) is 5.18. The average molecular weight is 361 g/mol. The third-order valence-corrected chi connectivity index (χ3v) is 5.18. The van der Waals surface area contributed by atoms with Crippen LogP contribution in [0.1, 0.15) is 6.42 Å². The van der Waals surface area contributed by atoms with Crippen LogP contribution in [-0.2, 0) is 9.59 Å². The molecule has 26 heavy (non-hydrogen) atoms. The van der Waals surface area contributed by atoms with Crippen molar-refractivity contribution in [2.45, 2.75) is 12.5 Å². The van der Waals surface area contributed by atoms with Crippen LogP contribution >= 0.6 is 0 Å². The maximum absolute atomic E-state index is 12.4. The van der Waals surface area contributed by atoms with Gasteiger partial charge >= 0.3 is 0 Å². The van der Waals surface area contributed by atoms with Crippen LogP contribution in [0.5, 0.6) is 11.5 Å². The summed E-state index contributed by atoms with van der Waals surface area (Å²) in [5, 5.41) is 15.8. The Balaban J connectivity index is 1.38. The first-order chi connectivity index (χ1) is 12.6. The summed E-state index contributed by atoms with van der Waals surface area (Å²) >= 11 is 0. The van der Waals surface area contributed by atoms with Crippen molar-refractivity contribution in [1.29, 1.82) is 0 Å². The molecule has 3 aliphatic rings. The standard InChI is InChI=1S/C18H23N3O5/c22-14-9-19-7-12(14)8-20-18(24)11-5-17(23)21(10-11)13-1-2-15-16(6-13)26-4-3-25-15/h1-2,6,11-12,14,19,22H,3-5,7-10H2,(H,20,24).